The van der Waals surface area contributed by atoms with Crippen LogP contribution in [0, 0.1) is 11.3 Å². The topological polar surface area (TPSA) is 137 Å². The molecule has 1 heterocycles. The van der Waals surface area contributed by atoms with Crippen molar-refractivity contribution in [2.75, 3.05) is 10.2 Å². The summed E-state index contributed by atoms with van der Waals surface area (Å²) in [6, 6.07) is 8.08. The fraction of sp³-hybridized carbons (Fsp3) is 0.250. The number of carbonyl (C=O) groups is 5. The van der Waals surface area contributed by atoms with Crippen LogP contribution in [-0.2, 0) is 20.6 Å². The largest absolute Gasteiger partial charge is 0.416 e. The summed E-state index contributed by atoms with van der Waals surface area (Å²) in [7, 11) is 0. The van der Waals surface area contributed by atoms with Crippen molar-refractivity contribution in [3.05, 3.63) is 59.7 Å². The lowest BCUT2D eigenvalue weighted by Gasteiger charge is -2.28. The third-order valence-electron chi connectivity index (χ3n) is 5.11. The van der Waals surface area contributed by atoms with E-state index in [-0.39, 0.29) is 11.5 Å². The second kappa shape index (κ2) is 10.2. The van der Waals surface area contributed by atoms with E-state index in [1.54, 1.807) is 20.8 Å². The molecule has 10 nitrogen and oxygen atoms in total. The molecule has 194 valence electrons. The van der Waals surface area contributed by atoms with Gasteiger partial charge in [-0.15, -0.1) is 0 Å². The van der Waals surface area contributed by atoms with Gasteiger partial charge >= 0.3 is 12.2 Å². The van der Waals surface area contributed by atoms with Crippen LogP contribution in [0.2, 0.25) is 0 Å². The summed E-state index contributed by atoms with van der Waals surface area (Å²) in [6.07, 6.45) is -3.96. The molecule has 0 radical (unpaired) electrons. The van der Waals surface area contributed by atoms with E-state index in [9.17, 15) is 37.1 Å². The molecule has 0 aromatic heterocycles. The number of hydrogen-bond donors (Lipinski definition) is 3. The van der Waals surface area contributed by atoms with Crippen molar-refractivity contribution in [2.24, 2.45) is 16.4 Å². The van der Waals surface area contributed by atoms with Gasteiger partial charge in [0.25, 0.3) is 11.8 Å². The van der Waals surface area contributed by atoms with Gasteiger partial charge in [-0.05, 0) is 42.5 Å². The SMILES string of the molecule is CC(C)(C)C(=O)Nc1ccc(C(=O)N/N=C\[C@H]2C(=O)NC(=O)N(c3cccc(C(F)(F)F)c3)C2=O)cc1. The van der Waals surface area contributed by atoms with Crippen LogP contribution in [0.1, 0.15) is 36.7 Å². The standard InChI is InChI=1S/C24H22F3N5O5/c1-23(2,3)21(36)29-15-9-7-13(8-10-15)18(33)31-28-12-17-19(34)30-22(37)32(20(17)35)16-6-4-5-14(11-16)24(25,26)27/h4-12,17H,1-3H3,(H,29,36)(H,31,33)(H,30,34,37)/b28-12-/t17-/m0/s1. The molecule has 3 rings (SSSR count). The zero-order chi connectivity index (χ0) is 27.5. The highest BCUT2D eigenvalue weighted by molar-refractivity contribution is 6.32. The quantitative estimate of drug-likeness (QED) is 0.318. The molecule has 0 unspecified atom stereocenters. The number of nitrogens with one attached hydrogen (secondary N) is 3. The van der Waals surface area contributed by atoms with Gasteiger partial charge in [-0.2, -0.15) is 18.3 Å². The zero-order valence-corrected chi connectivity index (χ0v) is 19.8. The number of carbonyl (C=O) groups excluding carboxylic acids is 5. The van der Waals surface area contributed by atoms with Crippen LogP contribution < -0.4 is 21.0 Å². The Morgan fingerprint density at radius 2 is 1.68 bits per heavy atom. The number of amides is 6. The normalized spacial score (nSPS) is 16.5. The fourth-order valence-electron chi connectivity index (χ4n) is 3.05. The lowest BCUT2D eigenvalue weighted by atomic mass is 9.95. The van der Waals surface area contributed by atoms with Crippen molar-refractivity contribution in [2.45, 2.75) is 26.9 Å². The first-order valence-electron chi connectivity index (χ1n) is 10.8. The minimum atomic E-state index is -4.72. The highest BCUT2D eigenvalue weighted by atomic mass is 19.4. The second-order valence-electron chi connectivity index (χ2n) is 8.99. The van der Waals surface area contributed by atoms with Gasteiger partial charge in [0.2, 0.25) is 11.8 Å². The van der Waals surface area contributed by atoms with Crippen LogP contribution in [-0.4, -0.2) is 35.9 Å². The van der Waals surface area contributed by atoms with Gasteiger partial charge in [0.05, 0.1) is 11.3 Å². The Hall–Kier alpha value is -4.55. The maximum absolute atomic E-state index is 13.0. The predicted molar refractivity (Wildman–Crippen MR) is 126 cm³/mol. The average molecular weight is 517 g/mol. The summed E-state index contributed by atoms with van der Waals surface area (Å²) in [4.78, 5) is 61.9. The highest BCUT2D eigenvalue weighted by Crippen LogP contribution is 2.32. The Balaban J connectivity index is 1.70. The van der Waals surface area contributed by atoms with E-state index in [1.807, 2.05) is 5.32 Å². The number of imide groups is 2. The molecule has 3 N–H and O–H groups in total. The molecular weight excluding hydrogens is 495 g/mol. The molecule has 1 saturated heterocycles. The van der Waals surface area contributed by atoms with E-state index < -0.39 is 52.5 Å². The van der Waals surface area contributed by atoms with Crippen molar-refractivity contribution in [3.8, 4) is 0 Å². The Kier molecular flexibility index (Phi) is 7.46. The molecule has 6 amide bonds. The molecular formula is C24H22F3N5O5. The molecule has 2 aromatic carbocycles. The average Bonchev–Trinajstić information content (AvgIpc) is 2.80. The molecule has 0 saturated carbocycles. The van der Waals surface area contributed by atoms with Crippen LogP contribution in [0.4, 0.5) is 29.3 Å². The number of rotatable bonds is 5. The zero-order valence-electron chi connectivity index (χ0n) is 19.8. The second-order valence-corrected chi connectivity index (χ2v) is 8.99. The number of anilines is 2. The van der Waals surface area contributed by atoms with Crippen LogP contribution in [0.5, 0.6) is 0 Å². The first-order valence-corrected chi connectivity index (χ1v) is 10.8. The molecule has 1 fully saturated rings. The lowest BCUT2D eigenvalue weighted by molar-refractivity contribution is -0.138. The maximum Gasteiger partial charge on any atom is 0.416 e. The van der Waals surface area contributed by atoms with Crippen molar-refractivity contribution < 1.29 is 37.1 Å². The molecule has 1 aliphatic heterocycles. The van der Waals surface area contributed by atoms with E-state index in [0.717, 1.165) is 24.4 Å². The Morgan fingerprint density at radius 3 is 2.27 bits per heavy atom. The number of nitrogens with zero attached hydrogens (tertiary/aromatic N) is 2. The number of hydrogen-bond acceptors (Lipinski definition) is 6. The first kappa shape index (κ1) is 27.0. The molecule has 0 bridgehead atoms. The van der Waals surface area contributed by atoms with Crippen LogP contribution >= 0.6 is 0 Å². The highest BCUT2D eigenvalue weighted by Gasteiger charge is 2.41. The number of alkyl halides is 3. The van der Waals surface area contributed by atoms with Crippen molar-refractivity contribution in [1.29, 1.82) is 0 Å². The Morgan fingerprint density at radius 1 is 1.03 bits per heavy atom. The summed E-state index contributed by atoms with van der Waals surface area (Å²) in [5, 5.41) is 8.17. The van der Waals surface area contributed by atoms with E-state index >= 15 is 0 Å². The van der Waals surface area contributed by atoms with Crippen molar-refractivity contribution in [1.82, 2.24) is 10.7 Å². The van der Waals surface area contributed by atoms with Gasteiger partial charge in [0, 0.05) is 22.9 Å². The molecule has 37 heavy (non-hydrogen) atoms. The fourth-order valence-corrected chi connectivity index (χ4v) is 3.05. The number of hydrazone groups is 1. The molecule has 0 spiro atoms. The molecule has 2 aromatic rings. The molecule has 1 atom stereocenters. The van der Waals surface area contributed by atoms with Gasteiger partial charge in [-0.25, -0.2) is 15.1 Å². The predicted octanol–water partition coefficient (Wildman–Crippen LogP) is 3.30. The van der Waals surface area contributed by atoms with Gasteiger partial charge in [-0.1, -0.05) is 26.8 Å². The third kappa shape index (κ3) is 6.37. The summed E-state index contributed by atoms with van der Waals surface area (Å²) >= 11 is 0. The Bertz CT molecular complexity index is 1280. The van der Waals surface area contributed by atoms with Gasteiger partial charge in [0.1, 0.15) is 0 Å². The molecule has 0 aliphatic carbocycles. The van der Waals surface area contributed by atoms with Crippen molar-refractivity contribution >= 4 is 47.2 Å². The number of benzene rings is 2. The molecule has 13 heteroatoms. The first-order chi connectivity index (χ1) is 17.2. The minimum absolute atomic E-state index is 0.145. The Labute approximate surface area is 208 Å². The maximum atomic E-state index is 13.0. The summed E-state index contributed by atoms with van der Waals surface area (Å²) in [5.74, 6) is -4.83. The molecule has 1 aliphatic rings. The minimum Gasteiger partial charge on any atom is -0.326 e. The number of urea groups is 1. The van der Waals surface area contributed by atoms with Crippen LogP contribution in [0.15, 0.2) is 53.6 Å². The van der Waals surface area contributed by atoms with Crippen molar-refractivity contribution in [3.63, 3.8) is 0 Å². The number of barbiturate groups is 1. The van der Waals surface area contributed by atoms with E-state index in [1.165, 1.54) is 24.3 Å². The van der Waals surface area contributed by atoms with E-state index in [0.29, 0.717) is 16.7 Å². The summed E-state index contributed by atoms with van der Waals surface area (Å²) in [5.41, 5.74) is 0.625. The van der Waals surface area contributed by atoms with Gasteiger partial charge in [0.15, 0.2) is 5.92 Å². The van der Waals surface area contributed by atoms with E-state index in [4.69, 9.17) is 0 Å². The third-order valence-corrected chi connectivity index (χ3v) is 5.11. The van der Waals surface area contributed by atoms with Crippen LogP contribution in [0.3, 0.4) is 0 Å². The summed E-state index contributed by atoms with van der Waals surface area (Å²) < 4.78 is 39.1. The van der Waals surface area contributed by atoms with E-state index in [2.05, 4.69) is 15.8 Å². The lowest BCUT2D eigenvalue weighted by Crippen LogP contribution is -2.58. The number of halogens is 3. The van der Waals surface area contributed by atoms with Crippen LogP contribution in [0.25, 0.3) is 0 Å². The smallest absolute Gasteiger partial charge is 0.326 e. The van der Waals surface area contributed by atoms with Gasteiger partial charge < -0.3 is 5.32 Å². The monoisotopic (exact) mass is 517 g/mol. The summed E-state index contributed by atoms with van der Waals surface area (Å²) in [6.45, 7) is 5.23. The van der Waals surface area contributed by atoms with Gasteiger partial charge in [-0.3, -0.25) is 24.5 Å².